The maximum Gasteiger partial charge on any atom is 0.208 e. The maximum absolute atomic E-state index is 5.85. The van der Waals surface area contributed by atoms with Gasteiger partial charge in [-0.25, -0.2) is 4.98 Å². The van der Waals surface area contributed by atoms with E-state index in [1.165, 1.54) is 0 Å². The molecule has 0 aliphatic rings. The molecule has 0 radical (unpaired) electrons. The van der Waals surface area contributed by atoms with Crippen molar-refractivity contribution >= 4 is 23.4 Å². The van der Waals surface area contributed by atoms with Gasteiger partial charge in [0, 0.05) is 10.8 Å². The Morgan fingerprint density at radius 3 is 3.06 bits per heavy atom. The lowest BCUT2D eigenvalue weighted by atomic mass is 10.3. The van der Waals surface area contributed by atoms with Gasteiger partial charge < -0.3 is 4.74 Å². The molecule has 1 aromatic carbocycles. The van der Waals surface area contributed by atoms with Crippen molar-refractivity contribution in [2.24, 2.45) is 0 Å². The van der Waals surface area contributed by atoms with E-state index in [2.05, 4.69) is 15.2 Å². The minimum atomic E-state index is 0.596. The van der Waals surface area contributed by atoms with Gasteiger partial charge in [0.05, 0.1) is 6.61 Å². The summed E-state index contributed by atoms with van der Waals surface area (Å²) in [6.07, 6.45) is 0. The number of hydrogen-bond donors (Lipinski definition) is 1. The topological polar surface area (TPSA) is 50.8 Å². The molecule has 1 N–H and O–H groups in total. The fourth-order valence-corrected chi connectivity index (χ4v) is 2.08. The molecule has 1 aromatic heterocycles. The smallest absolute Gasteiger partial charge is 0.208 e. The lowest BCUT2D eigenvalue weighted by Gasteiger charge is -2.04. The van der Waals surface area contributed by atoms with E-state index < -0.39 is 0 Å². The number of aromatic nitrogens is 3. The van der Waals surface area contributed by atoms with Crippen LogP contribution in [0.4, 0.5) is 0 Å². The Balaban J connectivity index is 1.73. The summed E-state index contributed by atoms with van der Waals surface area (Å²) in [7, 11) is 0. The molecule has 1 heterocycles. The number of benzene rings is 1. The fraction of sp³-hybridized carbons (Fsp3) is 0.273. The molecule has 0 saturated carbocycles. The highest BCUT2D eigenvalue weighted by Crippen LogP contribution is 2.18. The number of aryl methyl sites for hydroxylation is 1. The highest BCUT2D eigenvalue weighted by atomic mass is 35.5. The van der Waals surface area contributed by atoms with Gasteiger partial charge in [-0.3, -0.25) is 5.10 Å². The quantitative estimate of drug-likeness (QED) is 0.670. The van der Waals surface area contributed by atoms with Gasteiger partial charge in [0.15, 0.2) is 0 Å². The largest absolute Gasteiger partial charge is 0.493 e. The van der Waals surface area contributed by atoms with Gasteiger partial charge in [-0.2, -0.15) is 0 Å². The minimum absolute atomic E-state index is 0.596. The molecule has 0 saturated heterocycles. The number of thioether (sulfide) groups is 1. The first-order chi connectivity index (χ1) is 8.24. The normalized spacial score (nSPS) is 10.5. The zero-order chi connectivity index (χ0) is 12.1. The van der Waals surface area contributed by atoms with E-state index in [1.54, 1.807) is 17.8 Å². The molecule has 2 aromatic rings. The van der Waals surface area contributed by atoms with Crippen LogP contribution < -0.4 is 4.74 Å². The molecule has 0 aliphatic heterocycles. The van der Waals surface area contributed by atoms with Gasteiger partial charge in [-0.15, -0.1) is 5.10 Å². The Morgan fingerprint density at radius 2 is 2.35 bits per heavy atom. The molecule has 6 heteroatoms. The fourth-order valence-electron chi connectivity index (χ4n) is 1.24. The van der Waals surface area contributed by atoms with Crippen LogP contribution in [0, 0.1) is 6.92 Å². The van der Waals surface area contributed by atoms with Crippen LogP contribution >= 0.6 is 23.4 Å². The first-order valence-electron chi connectivity index (χ1n) is 5.14. The Morgan fingerprint density at radius 1 is 1.47 bits per heavy atom. The zero-order valence-corrected chi connectivity index (χ0v) is 10.9. The first kappa shape index (κ1) is 12.3. The molecular weight excluding hydrogens is 258 g/mol. The van der Waals surface area contributed by atoms with Crippen LogP contribution in [0.25, 0.3) is 0 Å². The van der Waals surface area contributed by atoms with Crippen LogP contribution in [0.1, 0.15) is 5.82 Å². The Hall–Kier alpha value is -1.20. The number of ether oxygens (including phenoxy) is 1. The van der Waals surface area contributed by atoms with Crippen LogP contribution in [0.15, 0.2) is 29.4 Å². The van der Waals surface area contributed by atoms with E-state index in [1.807, 2.05) is 25.1 Å². The van der Waals surface area contributed by atoms with E-state index in [-0.39, 0.29) is 0 Å². The second kappa shape index (κ2) is 5.93. The van der Waals surface area contributed by atoms with Crippen LogP contribution in [0.5, 0.6) is 5.75 Å². The first-order valence-corrected chi connectivity index (χ1v) is 6.50. The summed E-state index contributed by atoms with van der Waals surface area (Å²) in [6, 6.07) is 7.36. The van der Waals surface area contributed by atoms with Gasteiger partial charge in [0.25, 0.3) is 0 Å². The highest BCUT2D eigenvalue weighted by molar-refractivity contribution is 7.99. The summed E-state index contributed by atoms with van der Waals surface area (Å²) >= 11 is 7.40. The van der Waals surface area contributed by atoms with Gasteiger partial charge in [-0.05, 0) is 25.1 Å². The van der Waals surface area contributed by atoms with Crippen molar-refractivity contribution in [2.75, 3.05) is 12.4 Å². The third-order valence-corrected chi connectivity index (χ3v) is 3.00. The summed E-state index contributed by atoms with van der Waals surface area (Å²) in [6.45, 7) is 2.47. The van der Waals surface area contributed by atoms with E-state index in [9.17, 15) is 0 Å². The van der Waals surface area contributed by atoms with Crippen molar-refractivity contribution < 1.29 is 4.74 Å². The summed E-state index contributed by atoms with van der Waals surface area (Å²) in [5, 5.41) is 8.25. The molecule has 17 heavy (non-hydrogen) atoms. The van der Waals surface area contributed by atoms with Crippen molar-refractivity contribution in [2.45, 2.75) is 12.1 Å². The van der Waals surface area contributed by atoms with E-state index >= 15 is 0 Å². The number of rotatable bonds is 5. The Labute approximate surface area is 109 Å². The highest BCUT2D eigenvalue weighted by Gasteiger charge is 2.00. The number of nitrogens with one attached hydrogen (secondary N) is 1. The van der Waals surface area contributed by atoms with Crippen molar-refractivity contribution in [3.8, 4) is 5.75 Å². The number of halogens is 1. The number of nitrogens with zero attached hydrogens (tertiary/aromatic N) is 2. The molecule has 0 aliphatic carbocycles. The average molecular weight is 270 g/mol. The molecule has 0 amide bonds. The summed E-state index contributed by atoms with van der Waals surface area (Å²) < 4.78 is 5.54. The monoisotopic (exact) mass is 269 g/mol. The van der Waals surface area contributed by atoms with Gasteiger partial charge in [0.2, 0.25) is 5.16 Å². The second-order valence-electron chi connectivity index (χ2n) is 3.36. The summed E-state index contributed by atoms with van der Waals surface area (Å²) in [5.74, 6) is 2.40. The maximum atomic E-state index is 5.85. The van der Waals surface area contributed by atoms with Crippen LogP contribution in [-0.4, -0.2) is 27.5 Å². The van der Waals surface area contributed by atoms with Gasteiger partial charge in [0.1, 0.15) is 11.6 Å². The van der Waals surface area contributed by atoms with Gasteiger partial charge in [-0.1, -0.05) is 29.4 Å². The molecule has 0 spiro atoms. The third-order valence-electron chi connectivity index (χ3n) is 1.96. The van der Waals surface area contributed by atoms with Crippen molar-refractivity contribution in [3.05, 3.63) is 35.1 Å². The second-order valence-corrected chi connectivity index (χ2v) is 4.86. The number of H-pyrrole nitrogens is 1. The number of aromatic amines is 1. The summed E-state index contributed by atoms with van der Waals surface area (Å²) in [5.41, 5.74) is 0. The molecule has 4 nitrogen and oxygen atoms in total. The van der Waals surface area contributed by atoms with E-state index in [0.29, 0.717) is 11.6 Å². The molecule has 0 bridgehead atoms. The van der Waals surface area contributed by atoms with Crippen LogP contribution in [0.2, 0.25) is 5.02 Å². The van der Waals surface area contributed by atoms with E-state index in [0.717, 1.165) is 22.5 Å². The third kappa shape index (κ3) is 3.94. The standard InChI is InChI=1S/C11H12ClN3OS/c1-8-13-11(15-14-8)17-6-5-16-10-4-2-3-9(12)7-10/h2-4,7H,5-6H2,1H3,(H,13,14,15). The molecule has 0 atom stereocenters. The Kier molecular flexibility index (Phi) is 4.28. The lowest BCUT2D eigenvalue weighted by molar-refractivity contribution is 0.344. The van der Waals surface area contributed by atoms with Crippen molar-refractivity contribution in [1.82, 2.24) is 15.2 Å². The predicted octanol–water partition coefficient (Wildman–Crippen LogP) is 2.94. The van der Waals surface area contributed by atoms with E-state index in [4.69, 9.17) is 16.3 Å². The van der Waals surface area contributed by atoms with Crippen LogP contribution in [0.3, 0.4) is 0 Å². The van der Waals surface area contributed by atoms with Crippen molar-refractivity contribution in [3.63, 3.8) is 0 Å². The number of hydrogen-bond acceptors (Lipinski definition) is 4. The SMILES string of the molecule is Cc1nc(SCCOc2cccc(Cl)c2)n[nH]1. The predicted molar refractivity (Wildman–Crippen MR) is 68.8 cm³/mol. The average Bonchev–Trinajstić information content (AvgIpc) is 2.71. The van der Waals surface area contributed by atoms with Gasteiger partial charge >= 0.3 is 0 Å². The molecule has 0 fully saturated rings. The molecular formula is C11H12ClN3OS. The van der Waals surface area contributed by atoms with Crippen LogP contribution in [-0.2, 0) is 0 Å². The Bertz CT molecular complexity index is 489. The lowest BCUT2D eigenvalue weighted by Crippen LogP contribution is -2.00. The molecule has 0 unspecified atom stereocenters. The zero-order valence-electron chi connectivity index (χ0n) is 9.31. The minimum Gasteiger partial charge on any atom is -0.493 e. The van der Waals surface area contributed by atoms with Crippen molar-refractivity contribution in [1.29, 1.82) is 0 Å². The molecule has 90 valence electrons. The molecule has 2 rings (SSSR count). The summed E-state index contributed by atoms with van der Waals surface area (Å²) in [4.78, 5) is 4.19.